The van der Waals surface area contributed by atoms with Gasteiger partial charge in [0.05, 0.1) is 17.5 Å². The lowest BCUT2D eigenvalue weighted by molar-refractivity contribution is -0.115. The van der Waals surface area contributed by atoms with Gasteiger partial charge in [0.1, 0.15) is 11.5 Å². The molecule has 0 aromatic heterocycles. The van der Waals surface area contributed by atoms with Gasteiger partial charge in [-0.25, -0.2) is 0 Å². The van der Waals surface area contributed by atoms with Crippen LogP contribution in [-0.2, 0) is 11.2 Å². The highest BCUT2D eigenvalue weighted by atomic mass is 79.9. The molecule has 0 bridgehead atoms. The van der Waals surface area contributed by atoms with Crippen molar-refractivity contribution < 1.29 is 9.53 Å². The molecule has 14 heavy (non-hydrogen) atoms. The molecule has 0 saturated heterocycles. The van der Waals surface area contributed by atoms with Crippen LogP contribution in [0.4, 0.5) is 0 Å². The summed E-state index contributed by atoms with van der Waals surface area (Å²) in [6, 6.07) is 5.34. The Kier molecular flexibility index (Phi) is 4.42. The van der Waals surface area contributed by atoms with E-state index in [-0.39, 0.29) is 5.78 Å². The van der Waals surface area contributed by atoms with Gasteiger partial charge in [0.2, 0.25) is 0 Å². The molecule has 0 fully saturated rings. The number of methoxy groups -OCH3 is 1. The molecule has 0 aliphatic heterocycles. The predicted molar refractivity (Wildman–Crippen MR) is 60.5 cm³/mol. The largest absolute Gasteiger partial charge is 0.495 e. The molecule has 0 N–H and O–H groups in total. The third-order valence-corrected chi connectivity index (χ3v) is 2.70. The Morgan fingerprint density at radius 3 is 2.86 bits per heavy atom. The first-order valence-electron chi connectivity index (χ1n) is 4.07. The van der Waals surface area contributed by atoms with Crippen molar-refractivity contribution >= 4 is 33.3 Å². The zero-order chi connectivity index (χ0) is 10.6. The average molecular weight is 278 g/mol. The van der Waals surface area contributed by atoms with Gasteiger partial charge < -0.3 is 4.74 Å². The number of carbonyl (C=O) groups is 1. The van der Waals surface area contributed by atoms with E-state index in [4.69, 9.17) is 16.3 Å². The maximum absolute atomic E-state index is 11.1. The molecule has 1 rings (SSSR count). The molecule has 2 nitrogen and oxygen atoms in total. The van der Waals surface area contributed by atoms with Crippen molar-refractivity contribution in [3.63, 3.8) is 0 Å². The highest BCUT2D eigenvalue weighted by molar-refractivity contribution is 9.09. The van der Waals surface area contributed by atoms with Crippen LogP contribution in [0.2, 0.25) is 5.02 Å². The SMILES string of the molecule is COc1cc(CC(=O)CBr)ccc1Cl. The van der Waals surface area contributed by atoms with Crippen molar-refractivity contribution in [2.45, 2.75) is 6.42 Å². The summed E-state index contributed by atoms with van der Waals surface area (Å²) >= 11 is 8.96. The number of rotatable bonds is 4. The van der Waals surface area contributed by atoms with Crippen molar-refractivity contribution in [2.75, 3.05) is 12.4 Å². The van der Waals surface area contributed by atoms with Crippen molar-refractivity contribution in [3.8, 4) is 5.75 Å². The number of hydrogen-bond acceptors (Lipinski definition) is 2. The molecular weight excluding hydrogens is 267 g/mol. The van der Waals surface area contributed by atoms with Gasteiger partial charge in [-0.3, -0.25) is 4.79 Å². The minimum absolute atomic E-state index is 0.134. The van der Waals surface area contributed by atoms with E-state index in [0.29, 0.717) is 22.5 Å². The summed E-state index contributed by atoms with van der Waals surface area (Å²) in [5, 5.41) is 0.931. The lowest BCUT2D eigenvalue weighted by atomic mass is 10.1. The van der Waals surface area contributed by atoms with Gasteiger partial charge in [0, 0.05) is 6.42 Å². The Balaban J connectivity index is 2.84. The van der Waals surface area contributed by atoms with Crippen LogP contribution in [-0.4, -0.2) is 18.2 Å². The summed E-state index contributed by atoms with van der Waals surface area (Å²) in [4.78, 5) is 11.1. The molecule has 0 unspecified atom stereocenters. The fourth-order valence-electron chi connectivity index (χ4n) is 1.09. The van der Waals surface area contributed by atoms with E-state index in [1.165, 1.54) is 0 Å². The van der Waals surface area contributed by atoms with Gasteiger partial charge in [-0.05, 0) is 17.7 Å². The summed E-state index contributed by atoms with van der Waals surface area (Å²) in [7, 11) is 1.55. The number of ketones is 1. The van der Waals surface area contributed by atoms with Crippen LogP contribution < -0.4 is 4.74 Å². The van der Waals surface area contributed by atoms with E-state index in [1.807, 2.05) is 6.07 Å². The number of Topliss-reactive ketones (excluding diaryl/α,β-unsaturated/α-hetero) is 1. The van der Waals surface area contributed by atoms with Crippen LogP contribution in [0, 0.1) is 0 Å². The molecule has 0 spiro atoms. The number of alkyl halides is 1. The van der Waals surface area contributed by atoms with Crippen molar-refractivity contribution in [3.05, 3.63) is 28.8 Å². The smallest absolute Gasteiger partial charge is 0.147 e. The maximum Gasteiger partial charge on any atom is 0.147 e. The first-order valence-corrected chi connectivity index (χ1v) is 5.57. The van der Waals surface area contributed by atoms with Crippen LogP contribution in [0.1, 0.15) is 5.56 Å². The molecule has 0 atom stereocenters. The number of carbonyl (C=O) groups excluding carboxylic acids is 1. The maximum atomic E-state index is 11.1. The third-order valence-electron chi connectivity index (χ3n) is 1.77. The normalized spacial score (nSPS) is 9.93. The van der Waals surface area contributed by atoms with E-state index in [0.717, 1.165) is 5.56 Å². The Morgan fingerprint density at radius 2 is 2.29 bits per heavy atom. The standard InChI is InChI=1S/C10H10BrClO2/c1-14-10-5-7(2-3-9(10)12)4-8(13)6-11/h2-3,5H,4,6H2,1H3. The molecular formula is C10H10BrClO2. The van der Waals surface area contributed by atoms with Gasteiger partial charge in [-0.15, -0.1) is 0 Å². The van der Waals surface area contributed by atoms with E-state index in [2.05, 4.69) is 15.9 Å². The van der Waals surface area contributed by atoms with E-state index in [9.17, 15) is 4.79 Å². The van der Waals surface area contributed by atoms with Crippen LogP contribution >= 0.6 is 27.5 Å². The first-order chi connectivity index (χ1) is 6.67. The van der Waals surface area contributed by atoms with Gasteiger partial charge in [-0.1, -0.05) is 33.6 Å². The molecule has 76 valence electrons. The van der Waals surface area contributed by atoms with Crippen LogP contribution in [0.5, 0.6) is 5.75 Å². The predicted octanol–water partition coefficient (Wildman–Crippen LogP) is 2.86. The Labute approximate surface area is 96.3 Å². The Morgan fingerprint density at radius 1 is 1.57 bits per heavy atom. The van der Waals surface area contributed by atoms with Gasteiger partial charge in [-0.2, -0.15) is 0 Å². The molecule has 1 aromatic rings. The summed E-state index contributed by atoms with van der Waals surface area (Å²) in [5.41, 5.74) is 0.913. The van der Waals surface area contributed by atoms with Gasteiger partial charge in [0.25, 0.3) is 0 Å². The lowest BCUT2D eigenvalue weighted by Gasteiger charge is -2.05. The first kappa shape index (κ1) is 11.5. The summed E-state index contributed by atoms with van der Waals surface area (Å²) in [5.74, 6) is 0.737. The quantitative estimate of drug-likeness (QED) is 0.791. The summed E-state index contributed by atoms with van der Waals surface area (Å²) in [6.45, 7) is 0. The molecule has 1 aromatic carbocycles. The third kappa shape index (κ3) is 3.00. The van der Waals surface area contributed by atoms with Crippen LogP contribution in [0.25, 0.3) is 0 Å². The van der Waals surface area contributed by atoms with Crippen molar-refractivity contribution in [1.29, 1.82) is 0 Å². The molecule has 0 radical (unpaired) electrons. The van der Waals surface area contributed by atoms with E-state index in [1.54, 1.807) is 19.2 Å². The minimum Gasteiger partial charge on any atom is -0.495 e. The van der Waals surface area contributed by atoms with Crippen molar-refractivity contribution in [2.24, 2.45) is 0 Å². The Bertz CT molecular complexity index is 339. The number of benzene rings is 1. The second-order valence-electron chi connectivity index (χ2n) is 2.82. The summed E-state index contributed by atoms with van der Waals surface area (Å²) in [6.07, 6.45) is 0.402. The number of ether oxygens (including phenoxy) is 1. The molecule has 0 saturated carbocycles. The topological polar surface area (TPSA) is 26.3 Å². The molecule has 4 heteroatoms. The summed E-state index contributed by atoms with van der Waals surface area (Å²) < 4.78 is 5.05. The number of hydrogen-bond donors (Lipinski definition) is 0. The Hall–Kier alpha value is -0.540. The second kappa shape index (κ2) is 5.37. The molecule has 0 aliphatic rings. The van der Waals surface area contributed by atoms with E-state index < -0.39 is 0 Å². The van der Waals surface area contributed by atoms with Crippen LogP contribution in [0.3, 0.4) is 0 Å². The van der Waals surface area contributed by atoms with Crippen LogP contribution in [0.15, 0.2) is 18.2 Å². The number of halogens is 2. The second-order valence-corrected chi connectivity index (χ2v) is 3.79. The fraction of sp³-hybridized carbons (Fsp3) is 0.300. The fourth-order valence-corrected chi connectivity index (χ4v) is 1.48. The zero-order valence-corrected chi connectivity index (χ0v) is 10.1. The molecule has 0 amide bonds. The average Bonchev–Trinajstić information content (AvgIpc) is 2.20. The lowest BCUT2D eigenvalue weighted by Crippen LogP contribution is -2.03. The highest BCUT2D eigenvalue weighted by Gasteiger charge is 2.05. The monoisotopic (exact) mass is 276 g/mol. The van der Waals surface area contributed by atoms with Gasteiger partial charge in [0.15, 0.2) is 0 Å². The molecule has 0 heterocycles. The minimum atomic E-state index is 0.134. The molecule has 0 aliphatic carbocycles. The van der Waals surface area contributed by atoms with Gasteiger partial charge >= 0.3 is 0 Å². The van der Waals surface area contributed by atoms with E-state index >= 15 is 0 Å². The zero-order valence-electron chi connectivity index (χ0n) is 7.72. The highest BCUT2D eigenvalue weighted by Crippen LogP contribution is 2.25. The van der Waals surface area contributed by atoms with Crippen molar-refractivity contribution in [1.82, 2.24) is 0 Å².